The van der Waals surface area contributed by atoms with Crippen LogP contribution in [0.3, 0.4) is 0 Å². The molecule has 0 amide bonds. The SMILES string of the molecule is CC1CCC(C=O)C(C(=O)OCCO)C1.CCC(C)C.CCCC. The summed E-state index contributed by atoms with van der Waals surface area (Å²) in [6.45, 7) is 12.9. The largest absolute Gasteiger partial charge is 0.463 e. The van der Waals surface area contributed by atoms with Gasteiger partial charge in [-0.15, -0.1) is 0 Å². The van der Waals surface area contributed by atoms with E-state index in [9.17, 15) is 9.59 Å². The molecule has 1 rings (SSSR count). The number of unbranched alkanes of at least 4 members (excludes halogenated alkanes) is 1. The molecule has 0 bridgehead atoms. The lowest BCUT2D eigenvalue weighted by Gasteiger charge is -2.29. The quantitative estimate of drug-likeness (QED) is 0.563. The number of carbonyl (C=O) groups is 2. The van der Waals surface area contributed by atoms with Gasteiger partial charge in [-0.2, -0.15) is 0 Å². The summed E-state index contributed by atoms with van der Waals surface area (Å²) in [5, 5.41) is 8.54. The number of hydrogen-bond acceptors (Lipinski definition) is 4. The van der Waals surface area contributed by atoms with Crippen LogP contribution in [-0.2, 0) is 14.3 Å². The lowest BCUT2D eigenvalue weighted by molar-refractivity contribution is -0.154. The average molecular weight is 345 g/mol. The zero-order valence-electron chi connectivity index (χ0n) is 16.7. The van der Waals surface area contributed by atoms with Gasteiger partial charge < -0.3 is 14.6 Å². The van der Waals surface area contributed by atoms with Crippen molar-refractivity contribution in [3.63, 3.8) is 0 Å². The Morgan fingerprint density at radius 1 is 1.21 bits per heavy atom. The van der Waals surface area contributed by atoms with E-state index in [4.69, 9.17) is 9.84 Å². The maximum Gasteiger partial charge on any atom is 0.309 e. The van der Waals surface area contributed by atoms with Gasteiger partial charge in [0.15, 0.2) is 0 Å². The van der Waals surface area contributed by atoms with Gasteiger partial charge in [-0.25, -0.2) is 0 Å². The summed E-state index contributed by atoms with van der Waals surface area (Å²) in [4.78, 5) is 22.4. The summed E-state index contributed by atoms with van der Waals surface area (Å²) >= 11 is 0. The minimum Gasteiger partial charge on any atom is -0.463 e. The Balaban J connectivity index is 0. The van der Waals surface area contributed by atoms with Gasteiger partial charge in [-0.1, -0.05) is 60.8 Å². The van der Waals surface area contributed by atoms with Crippen LogP contribution in [0.4, 0.5) is 0 Å². The number of aliphatic hydroxyl groups is 1. The monoisotopic (exact) mass is 344 g/mol. The van der Waals surface area contributed by atoms with Crippen LogP contribution in [0.15, 0.2) is 0 Å². The Labute approximate surface area is 149 Å². The van der Waals surface area contributed by atoms with Gasteiger partial charge in [0.25, 0.3) is 0 Å². The van der Waals surface area contributed by atoms with Crippen molar-refractivity contribution in [2.24, 2.45) is 23.7 Å². The number of carbonyl (C=O) groups excluding carboxylic acids is 2. The van der Waals surface area contributed by atoms with Gasteiger partial charge in [-0.05, 0) is 31.1 Å². The molecule has 0 aromatic rings. The maximum absolute atomic E-state index is 11.6. The topological polar surface area (TPSA) is 63.6 Å². The summed E-state index contributed by atoms with van der Waals surface area (Å²) in [5.74, 6) is 0.501. The van der Waals surface area contributed by atoms with Crippen molar-refractivity contribution in [2.75, 3.05) is 13.2 Å². The summed E-state index contributed by atoms with van der Waals surface area (Å²) in [6.07, 6.45) is 7.28. The molecule has 1 saturated carbocycles. The van der Waals surface area contributed by atoms with E-state index < -0.39 is 0 Å². The molecule has 4 nitrogen and oxygen atoms in total. The van der Waals surface area contributed by atoms with Crippen LogP contribution < -0.4 is 0 Å². The number of rotatable bonds is 6. The molecule has 1 aliphatic rings. The second-order valence-electron chi connectivity index (χ2n) is 7.02. The molecule has 3 unspecified atom stereocenters. The molecule has 24 heavy (non-hydrogen) atoms. The molecule has 4 heteroatoms. The number of aldehydes is 1. The summed E-state index contributed by atoms with van der Waals surface area (Å²) < 4.78 is 4.86. The second-order valence-corrected chi connectivity index (χ2v) is 7.02. The lowest BCUT2D eigenvalue weighted by atomic mass is 9.75. The highest BCUT2D eigenvalue weighted by molar-refractivity contribution is 5.77. The van der Waals surface area contributed by atoms with E-state index in [1.54, 1.807) is 0 Å². The van der Waals surface area contributed by atoms with E-state index in [0.29, 0.717) is 12.3 Å². The highest BCUT2D eigenvalue weighted by Gasteiger charge is 2.34. The highest BCUT2D eigenvalue weighted by atomic mass is 16.5. The highest BCUT2D eigenvalue weighted by Crippen LogP contribution is 2.33. The molecule has 3 atom stereocenters. The first kappa shape index (κ1) is 25.3. The molecule has 0 aromatic carbocycles. The summed E-state index contributed by atoms with van der Waals surface area (Å²) in [6, 6.07) is 0. The van der Waals surface area contributed by atoms with Crippen LogP contribution in [0, 0.1) is 23.7 Å². The molecular formula is C20H40O4. The van der Waals surface area contributed by atoms with Crippen molar-refractivity contribution in [1.82, 2.24) is 0 Å². The fourth-order valence-electron chi connectivity index (χ4n) is 2.09. The molecule has 0 aromatic heterocycles. The zero-order valence-corrected chi connectivity index (χ0v) is 16.7. The van der Waals surface area contributed by atoms with Gasteiger partial charge in [0.05, 0.1) is 12.5 Å². The zero-order chi connectivity index (χ0) is 19.0. The van der Waals surface area contributed by atoms with E-state index in [-0.39, 0.29) is 31.0 Å². The maximum atomic E-state index is 11.6. The normalized spacial score (nSPS) is 22.6. The first-order chi connectivity index (χ1) is 11.4. The Morgan fingerprint density at radius 2 is 1.75 bits per heavy atom. The molecule has 0 aliphatic heterocycles. The van der Waals surface area contributed by atoms with Gasteiger partial charge in [0, 0.05) is 5.92 Å². The standard InChI is InChI=1S/C11H18O4.C5H12.C4H10/c1-8-2-3-9(7-13)10(6-8)11(14)15-5-4-12;1-4-5(2)3;1-3-4-2/h7-10,12H,2-6H2,1H3;5H,4H2,1-3H3;3-4H2,1-2H3. The predicted molar refractivity (Wildman–Crippen MR) is 99.8 cm³/mol. The number of ether oxygens (including phenoxy) is 1. The molecular weight excluding hydrogens is 304 g/mol. The van der Waals surface area contributed by atoms with Gasteiger partial charge in [-0.3, -0.25) is 4.79 Å². The van der Waals surface area contributed by atoms with E-state index in [1.165, 1.54) is 19.3 Å². The number of hydrogen-bond donors (Lipinski definition) is 1. The Kier molecular flexibility index (Phi) is 17.9. The van der Waals surface area contributed by atoms with Gasteiger partial charge >= 0.3 is 5.97 Å². The minimum absolute atomic E-state index is 0.0231. The molecule has 0 heterocycles. The van der Waals surface area contributed by atoms with E-state index in [0.717, 1.165) is 25.0 Å². The Morgan fingerprint density at radius 3 is 2.12 bits per heavy atom. The molecule has 1 N–H and O–H groups in total. The van der Waals surface area contributed by atoms with Crippen molar-refractivity contribution in [1.29, 1.82) is 0 Å². The Bertz CT molecular complexity index is 300. The fourth-order valence-corrected chi connectivity index (χ4v) is 2.09. The fraction of sp³-hybridized carbons (Fsp3) is 0.900. The molecule has 1 aliphatic carbocycles. The van der Waals surface area contributed by atoms with Gasteiger partial charge in [0.2, 0.25) is 0 Å². The third-order valence-electron chi connectivity index (χ3n) is 4.30. The van der Waals surface area contributed by atoms with Crippen molar-refractivity contribution in [3.05, 3.63) is 0 Å². The molecule has 144 valence electrons. The van der Waals surface area contributed by atoms with Crippen LogP contribution in [0.1, 0.15) is 80.1 Å². The number of esters is 1. The number of aliphatic hydroxyl groups excluding tert-OH is 1. The van der Waals surface area contributed by atoms with Crippen molar-refractivity contribution < 1.29 is 19.4 Å². The van der Waals surface area contributed by atoms with E-state index in [1.807, 2.05) is 0 Å². The Hall–Kier alpha value is -0.900. The van der Waals surface area contributed by atoms with Crippen LogP contribution >= 0.6 is 0 Å². The third-order valence-corrected chi connectivity index (χ3v) is 4.30. The van der Waals surface area contributed by atoms with Crippen LogP contribution in [-0.4, -0.2) is 30.6 Å². The van der Waals surface area contributed by atoms with E-state index in [2.05, 4.69) is 41.5 Å². The molecule has 1 fully saturated rings. The van der Waals surface area contributed by atoms with Crippen LogP contribution in [0.25, 0.3) is 0 Å². The first-order valence-electron chi connectivity index (χ1n) is 9.60. The second kappa shape index (κ2) is 16.9. The third kappa shape index (κ3) is 13.5. The van der Waals surface area contributed by atoms with Crippen LogP contribution in [0.5, 0.6) is 0 Å². The first-order valence-corrected chi connectivity index (χ1v) is 9.60. The van der Waals surface area contributed by atoms with Crippen molar-refractivity contribution in [2.45, 2.75) is 80.1 Å². The average Bonchev–Trinajstić information content (AvgIpc) is 2.60. The summed E-state index contributed by atoms with van der Waals surface area (Å²) in [5.41, 5.74) is 0. The van der Waals surface area contributed by atoms with Gasteiger partial charge in [0.1, 0.15) is 12.9 Å². The van der Waals surface area contributed by atoms with Crippen molar-refractivity contribution in [3.8, 4) is 0 Å². The molecule has 0 radical (unpaired) electrons. The summed E-state index contributed by atoms with van der Waals surface area (Å²) in [7, 11) is 0. The van der Waals surface area contributed by atoms with Crippen molar-refractivity contribution >= 4 is 12.3 Å². The minimum atomic E-state index is -0.340. The predicted octanol–water partition coefficient (Wildman–Crippen LogP) is 4.63. The smallest absolute Gasteiger partial charge is 0.309 e. The van der Waals surface area contributed by atoms with E-state index >= 15 is 0 Å². The van der Waals surface area contributed by atoms with Crippen LogP contribution in [0.2, 0.25) is 0 Å². The lowest BCUT2D eigenvalue weighted by Crippen LogP contribution is -2.33. The molecule has 0 saturated heterocycles. The molecule has 0 spiro atoms.